The molecule has 6 heteroatoms. The summed E-state index contributed by atoms with van der Waals surface area (Å²) in [6.45, 7) is 1.65. The second kappa shape index (κ2) is 4.19. The maximum atomic E-state index is 10.6. The van der Waals surface area contributed by atoms with Crippen LogP contribution in [0.15, 0.2) is 22.4 Å². The van der Waals surface area contributed by atoms with Gasteiger partial charge < -0.3 is 5.73 Å². The van der Waals surface area contributed by atoms with Crippen LogP contribution in [-0.4, -0.2) is 9.91 Å². The Morgan fingerprint density at radius 2 is 2.43 bits per heavy atom. The summed E-state index contributed by atoms with van der Waals surface area (Å²) in [4.78, 5) is 14.0. The van der Waals surface area contributed by atoms with E-state index in [1.54, 1.807) is 6.92 Å². The van der Waals surface area contributed by atoms with E-state index in [1.165, 1.54) is 18.3 Å². The maximum Gasteiger partial charge on any atom is 0.296 e. The summed E-state index contributed by atoms with van der Waals surface area (Å²) in [5.41, 5.74) is 6.09. The minimum Gasteiger partial charge on any atom is -0.402 e. The summed E-state index contributed by atoms with van der Waals surface area (Å²) < 4.78 is 0.566. The van der Waals surface area contributed by atoms with Gasteiger partial charge in [-0.15, -0.1) is 0 Å². The predicted octanol–water partition coefficient (Wildman–Crippen LogP) is 2.07. The van der Waals surface area contributed by atoms with Crippen LogP contribution in [0.3, 0.4) is 0 Å². The number of pyridine rings is 1. The van der Waals surface area contributed by atoms with Gasteiger partial charge in [-0.3, -0.25) is 10.1 Å². The zero-order chi connectivity index (χ0) is 10.7. The number of nitrogens with two attached hydrogens (primary N) is 1. The first-order chi connectivity index (χ1) is 6.50. The lowest BCUT2D eigenvalue weighted by Gasteiger charge is -1.98. The zero-order valence-corrected chi connectivity index (χ0v) is 8.98. The van der Waals surface area contributed by atoms with Crippen molar-refractivity contribution in [3.05, 3.63) is 38.2 Å². The molecule has 0 unspecified atom stereocenters. The maximum absolute atomic E-state index is 10.6. The smallest absolute Gasteiger partial charge is 0.296 e. The van der Waals surface area contributed by atoms with Gasteiger partial charge in [-0.25, -0.2) is 4.98 Å². The third-order valence-corrected chi connectivity index (χ3v) is 1.86. The van der Waals surface area contributed by atoms with Gasteiger partial charge in [0.05, 0.1) is 4.92 Å². The van der Waals surface area contributed by atoms with Crippen molar-refractivity contribution in [2.24, 2.45) is 5.73 Å². The van der Waals surface area contributed by atoms with Gasteiger partial charge in [-0.05, 0) is 28.9 Å². The van der Waals surface area contributed by atoms with Gasteiger partial charge in [-0.1, -0.05) is 0 Å². The van der Waals surface area contributed by atoms with E-state index < -0.39 is 4.92 Å². The number of rotatable bonds is 2. The SMILES string of the molecule is C/C(N)=C\c1ncc(Br)cc1[N+](=O)[O-]. The monoisotopic (exact) mass is 257 g/mol. The number of hydrogen-bond donors (Lipinski definition) is 1. The van der Waals surface area contributed by atoms with Crippen LogP contribution in [0.2, 0.25) is 0 Å². The highest BCUT2D eigenvalue weighted by atomic mass is 79.9. The van der Waals surface area contributed by atoms with Gasteiger partial charge >= 0.3 is 0 Å². The molecule has 0 atom stereocenters. The Morgan fingerprint density at radius 3 is 2.93 bits per heavy atom. The van der Waals surface area contributed by atoms with E-state index in [0.717, 1.165) is 0 Å². The summed E-state index contributed by atoms with van der Waals surface area (Å²) in [5, 5.41) is 10.6. The fourth-order valence-corrected chi connectivity index (χ4v) is 1.23. The van der Waals surface area contributed by atoms with Gasteiger partial charge in [0.2, 0.25) is 0 Å². The highest BCUT2D eigenvalue weighted by Crippen LogP contribution is 2.22. The minimum atomic E-state index is -0.494. The molecule has 74 valence electrons. The lowest BCUT2D eigenvalue weighted by atomic mass is 10.2. The quantitative estimate of drug-likeness (QED) is 0.650. The molecule has 0 aliphatic heterocycles. The molecular formula is C8H8BrN3O2. The highest BCUT2D eigenvalue weighted by molar-refractivity contribution is 9.10. The summed E-state index contributed by atoms with van der Waals surface area (Å²) in [6, 6.07) is 1.39. The summed E-state index contributed by atoms with van der Waals surface area (Å²) in [7, 11) is 0. The van der Waals surface area contributed by atoms with Crippen LogP contribution in [0.5, 0.6) is 0 Å². The molecule has 14 heavy (non-hydrogen) atoms. The Morgan fingerprint density at radius 1 is 1.79 bits per heavy atom. The van der Waals surface area contributed by atoms with Crippen LogP contribution in [0.4, 0.5) is 5.69 Å². The fourth-order valence-electron chi connectivity index (χ4n) is 0.912. The van der Waals surface area contributed by atoms with Crippen LogP contribution in [0, 0.1) is 10.1 Å². The van der Waals surface area contributed by atoms with Crippen molar-refractivity contribution in [2.45, 2.75) is 6.92 Å². The van der Waals surface area contributed by atoms with Crippen molar-refractivity contribution >= 4 is 27.7 Å². The minimum absolute atomic E-state index is 0.0656. The van der Waals surface area contributed by atoms with Crippen molar-refractivity contribution in [1.82, 2.24) is 4.98 Å². The first-order valence-electron chi connectivity index (χ1n) is 3.74. The molecule has 0 aliphatic carbocycles. The number of nitro groups is 1. The molecule has 1 heterocycles. The van der Waals surface area contributed by atoms with Crippen LogP contribution >= 0.6 is 15.9 Å². The van der Waals surface area contributed by atoms with Crippen LogP contribution in [-0.2, 0) is 0 Å². The Hall–Kier alpha value is -1.43. The van der Waals surface area contributed by atoms with Crippen molar-refractivity contribution in [1.29, 1.82) is 0 Å². The molecule has 0 aromatic carbocycles. The molecule has 1 aromatic rings. The van der Waals surface area contributed by atoms with E-state index in [4.69, 9.17) is 5.73 Å². The highest BCUT2D eigenvalue weighted by Gasteiger charge is 2.13. The normalized spacial score (nSPS) is 11.4. The van der Waals surface area contributed by atoms with Gasteiger partial charge in [0.1, 0.15) is 5.69 Å². The molecule has 0 bridgehead atoms. The molecule has 0 saturated carbocycles. The Balaban J connectivity index is 3.29. The number of allylic oxidation sites excluding steroid dienone is 1. The molecule has 0 fully saturated rings. The van der Waals surface area contributed by atoms with E-state index in [-0.39, 0.29) is 11.4 Å². The lowest BCUT2D eigenvalue weighted by Crippen LogP contribution is -1.97. The lowest BCUT2D eigenvalue weighted by molar-refractivity contribution is -0.385. The van der Waals surface area contributed by atoms with E-state index in [2.05, 4.69) is 20.9 Å². The molecule has 1 rings (SSSR count). The third kappa shape index (κ3) is 2.53. The van der Waals surface area contributed by atoms with Crippen molar-refractivity contribution < 1.29 is 4.92 Å². The first-order valence-corrected chi connectivity index (χ1v) is 4.53. The average molecular weight is 258 g/mol. The largest absolute Gasteiger partial charge is 0.402 e. The van der Waals surface area contributed by atoms with Crippen molar-refractivity contribution in [3.8, 4) is 0 Å². The summed E-state index contributed by atoms with van der Waals surface area (Å²) >= 11 is 3.11. The molecular weight excluding hydrogens is 250 g/mol. The standard InChI is InChI=1S/C8H8BrN3O2/c1-5(10)2-7-8(12(13)14)3-6(9)4-11-7/h2-4H,10H2,1H3/b5-2+. The topological polar surface area (TPSA) is 82.0 Å². The molecule has 0 radical (unpaired) electrons. The molecule has 0 spiro atoms. The molecule has 0 saturated heterocycles. The number of nitrogens with zero attached hydrogens (tertiary/aromatic N) is 2. The molecule has 1 aromatic heterocycles. The fraction of sp³-hybridized carbons (Fsp3) is 0.125. The number of halogens is 1. The second-order valence-electron chi connectivity index (χ2n) is 2.70. The van der Waals surface area contributed by atoms with Gasteiger partial charge in [0, 0.05) is 22.4 Å². The number of hydrogen-bond acceptors (Lipinski definition) is 4. The molecule has 5 nitrogen and oxygen atoms in total. The van der Waals surface area contributed by atoms with Crippen LogP contribution in [0.25, 0.3) is 6.08 Å². The Kier molecular flexibility index (Phi) is 3.19. The van der Waals surface area contributed by atoms with Gasteiger partial charge in [-0.2, -0.15) is 0 Å². The van der Waals surface area contributed by atoms with Crippen molar-refractivity contribution in [2.75, 3.05) is 0 Å². The Labute approximate surface area is 88.9 Å². The summed E-state index contributed by atoms with van der Waals surface area (Å²) in [6.07, 6.45) is 2.95. The van der Waals surface area contributed by atoms with Crippen molar-refractivity contribution in [3.63, 3.8) is 0 Å². The summed E-state index contributed by atoms with van der Waals surface area (Å²) in [5.74, 6) is 0. The second-order valence-corrected chi connectivity index (χ2v) is 3.62. The van der Waals surface area contributed by atoms with Crippen LogP contribution < -0.4 is 5.73 Å². The molecule has 0 aliphatic rings. The number of aromatic nitrogens is 1. The van der Waals surface area contributed by atoms with E-state index >= 15 is 0 Å². The first kappa shape index (κ1) is 10.6. The van der Waals surface area contributed by atoms with Gasteiger partial charge in [0.25, 0.3) is 5.69 Å². The molecule has 2 N–H and O–H groups in total. The average Bonchev–Trinajstić information content (AvgIpc) is 2.07. The van der Waals surface area contributed by atoms with Gasteiger partial charge in [0.15, 0.2) is 0 Å². The van der Waals surface area contributed by atoms with E-state index in [1.807, 2.05) is 0 Å². The third-order valence-electron chi connectivity index (χ3n) is 1.43. The Bertz CT molecular complexity index is 400. The van der Waals surface area contributed by atoms with E-state index in [0.29, 0.717) is 10.2 Å². The molecule has 0 amide bonds. The van der Waals surface area contributed by atoms with E-state index in [9.17, 15) is 10.1 Å². The zero-order valence-electron chi connectivity index (χ0n) is 7.40. The predicted molar refractivity (Wildman–Crippen MR) is 56.4 cm³/mol. The van der Waals surface area contributed by atoms with Crippen LogP contribution in [0.1, 0.15) is 12.6 Å².